The molecule has 16 heavy (non-hydrogen) atoms. The standard InChI is InChI=1S/C11H12N4O/c1-2-7-15-11(10(8-16)13-14-15)9-3-5-12-6-4-9/h3-6,8H,2,7H2,1H3. The largest absolute Gasteiger partial charge is 0.296 e. The lowest BCUT2D eigenvalue weighted by molar-refractivity contribution is 0.111. The molecule has 2 aromatic heterocycles. The second-order valence-corrected chi connectivity index (χ2v) is 3.40. The molecule has 0 fully saturated rings. The van der Waals surface area contributed by atoms with Crippen molar-refractivity contribution in [3.63, 3.8) is 0 Å². The van der Waals surface area contributed by atoms with E-state index in [4.69, 9.17) is 0 Å². The van der Waals surface area contributed by atoms with Gasteiger partial charge in [-0.1, -0.05) is 12.1 Å². The van der Waals surface area contributed by atoms with Crippen LogP contribution in [0.3, 0.4) is 0 Å². The minimum Gasteiger partial charge on any atom is -0.296 e. The molecule has 2 heterocycles. The molecule has 2 aromatic rings. The summed E-state index contributed by atoms with van der Waals surface area (Å²) in [4.78, 5) is 14.8. The number of nitrogens with zero attached hydrogens (tertiary/aromatic N) is 4. The lowest BCUT2D eigenvalue weighted by Gasteiger charge is -2.04. The van der Waals surface area contributed by atoms with Crippen LogP contribution >= 0.6 is 0 Å². The van der Waals surface area contributed by atoms with E-state index < -0.39 is 0 Å². The zero-order valence-electron chi connectivity index (χ0n) is 9.00. The molecule has 2 rings (SSSR count). The van der Waals surface area contributed by atoms with Crippen molar-refractivity contribution in [3.8, 4) is 11.3 Å². The first-order chi connectivity index (χ1) is 7.86. The average Bonchev–Trinajstić information content (AvgIpc) is 2.74. The van der Waals surface area contributed by atoms with E-state index >= 15 is 0 Å². The smallest absolute Gasteiger partial charge is 0.172 e. The zero-order chi connectivity index (χ0) is 11.4. The molecule has 0 aliphatic carbocycles. The minimum absolute atomic E-state index is 0.375. The van der Waals surface area contributed by atoms with Crippen LogP contribution in [0.5, 0.6) is 0 Å². The van der Waals surface area contributed by atoms with Gasteiger partial charge in [-0.2, -0.15) is 0 Å². The number of hydrogen-bond donors (Lipinski definition) is 0. The topological polar surface area (TPSA) is 60.7 Å². The predicted octanol–water partition coefficient (Wildman–Crippen LogP) is 1.56. The Balaban J connectivity index is 2.52. The fraction of sp³-hybridized carbons (Fsp3) is 0.273. The van der Waals surface area contributed by atoms with Crippen molar-refractivity contribution in [2.24, 2.45) is 0 Å². The molecule has 0 spiro atoms. The summed E-state index contributed by atoms with van der Waals surface area (Å²) in [6, 6.07) is 3.69. The van der Waals surface area contributed by atoms with E-state index in [1.54, 1.807) is 17.1 Å². The summed E-state index contributed by atoms with van der Waals surface area (Å²) in [7, 11) is 0. The van der Waals surface area contributed by atoms with Crippen LogP contribution in [0.4, 0.5) is 0 Å². The van der Waals surface area contributed by atoms with E-state index in [9.17, 15) is 4.79 Å². The third-order valence-electron chi connectivity index (χ3n) is 2.26. The monoisotopic (exact) mass is 216 g/mol. The Hall–Kier alpha value is -2.04. The van der Waals surface area contributed by atoms with E-state index in [1.807, 2.05) is 12.1 Å². The van der Waals surface area contributed by atoms with Crippen LogP contribution < -0.4 is 0 Å². The molecule has 0 saturated heterocycles. The molecule has 0 aromatic carbocycles. The molecule has 0 radical (unpaired) electrons. The van der Waals surface area contributed by atoms with Crippen LogP contribution in [-0.2, 0) is 6.54 Å². The number of pyridine rings is 1. The quantitative estimate of drug-likeness (QED) is 0.728. The molecule has 0 aliphatic rings. The molecule has 0 amide bonds. The van der Waals surface area contributed by atoms with Gasteiger partial charge in [0.2, 0.25) is 0 Å². The molecular weight excluding hydrogens is 204 g/mol. The maximum absolute atomic E-state index is 10.9. The Morgan fingerprint density at radius 2 is 2.12 bits per heavy atom. The maximum Gasteiger partial charge on any atom is 0.172 e. The second-order valence-electron chi connectivity index (χ2n) is 3.40. The van der Waals surface area contributed by atoms with Gasteiger partial charge in [-0.05, 0) is 18.6 Å². The van der Waals surface area contributed by atoms with Gasteiger partial charge >= 0.3 is 0 Å². The number of aromatic nitrogens is 4. The molecule has 5 nitrogen and oxygen atoms in total. The lowest BCUT2D eigenvalue weighted by Crippen LogP contribution is -2.02. The van der Waals surface area contributed by atoms with Crippen molar-refractivity contribution in [2.45, 2.75) is 19.9 Å². The third-order valence-corrected chi connectivity index (χ3v) is 2.26. The highest BCUT2D eigenvalue weighted by Crippen LogP contribution is 2.20. The first kappa shape index (κ1) is 10.5. The molecule has 0 N–H and O–H groups in total. The van der Waals surface area contributed by atoms with Gasteiger partial charge in [-0.25, -0.2) is 4.68 Å². The fourth-order valence-corrected chi connectivity index (χ4v) is 1.58. The van der Waals surface area contributed by atoms with Gasteiger partial charge in [0.15, 0.2) is 12.0 Å². The molecule has 0 atom stereocenters. The Kier molecular flexibility index (Phi) is 3.05. The Labute approximate surface area is 93.1 Å². The van der Waals surface area contributed by atoms with Crippen LogP contribution in [0, 0.1) is 0 Å². The summed E-state index contributed by atoms with van der Waals surface area (Å²) in [5, 5.41) is 7.82. The molecule has 5 heteroatoms. The normalized spacial score (nSPS) is 10.3. The van der Waals surface area contributed by atoms with Crippen molar-refractivity contribution in [1.29, 1.82) is 0 Å². The third kappa shape index (κ3) is 1.84. The van der Waals surface area contributed by atoms with Crippen molar-refractivity contribution in [2.75, 3.05) is 0 Å². The lowest BCUT2D eigenvalue weighted by atomic mass is 10.1. The van der Waals surface area contributed by atoms with Gasteiger partial charge in [0, 0.05) is 24.5 Å². The zero-order valence-corrected chi connectivity index (χ0v) is 9.00. The second kappa shape index (κ2) is 4.65. The molecule has 0 bridgehead atoms. The maximum atomic E-state index is 10.9. The SMILES string of the molecule is CCCn1nnc(C=O)c1-c1ccncc1. The van der Waals surface area contributed by atoms with E-state index in [0.717, 1.165) is 30.5 Å². The number of aldehydes is 1. The van der Waals surface area contributed by atoms with Crippen molar-refractivity contribution in [3.05, 3.63) is 30.2 Å². The molecule has 82 valence electrons. The Morgan fingerprint density at radius 1 is 1.38 bits per heavy atom. The number of aryl methyl sites for hydroxylation is 1. The van der Waals surface area contributed by atoms with Crippen molar-refractivity contribution >= 4 is 6.29 Å². The number of rotatable bonds is 4. The number of carbonyl (C=O) groups excluding carboxylic acids is 1. The van der Waals surface area contributed by atoms with E-state index in [-0.39, 0.29) is 0 Å². The number of hydrogen-bond acceptors (Lipinski definition) is 4. The van der Waals surface area contributed by atoms with Gasteiger partial charge < -0.3 is 0 Å². The van der Waals surface area contributed by atoms with E-state index in [2.05, 4.69) is 22.2 Å². The average molecular weight is 216 g/mol. The van der Waals surface area contributed by atoms with Crippen molar-refractivity contribution < 1.29 is 4.79 Å². The van der Waals surface area contributed by atoms with Crippen LogP contribution in [0.2, 0.25) is 0 Å². The van der Waals surface area contributed by atoms with Crippen molar-refractivity contribution in [1.82, 2.24) is 20.0 Å². The molecular formula is C11H12N4O. The first-order valence-corrected chi connectivity index (χ1v) is 5.16. The van der Waals surface area contributed by atoms with Gasteiger partial charge in [-0.15, -0.1) is 5.10 Å². The Morgan fingerprint density at radius 3 is 2.75 bits per heavy atom. The minimum atomic E-state index is 0.375. The summed E-state index contributed by atoms with van der Waals surface area (Å²) >= 11 is 0. The first-order valence-electron chi connectivity index (χ1n) is 5.16. The molecule has 0 aliphatic heterocycles. The fourth-order valence-electron chi connectivity index (χ4n) is 1.58. The summed E-state index contributed by atoms with van der Waals surface area (Å²) in [6.07, 6.45) is 5.05. The summed E-state index contributed by atoms with van der Waals surface area (Å²) in [5.74, 6) is 0. The number of carbonyl (C=O) groups is 1. The van der Waals surface area contributed by atoms with Crippen LogP contribution in [0.25, 0.3) is 11.3 Å². The van der Waals surface area contributed by atoms with Crippen LogP contribution in [0.1, 0.15) is 23.8 Å². The van der Waals surface area contributed by atoms with Crippen LogP contribution in [-0.4, -0.2) is 26.3 Å². The van der Waals surface area contributed by atoms with E-state index in [0.29, 0.717) is 5.69 Å². The predicted molar refractivity (Wildman–Crippen MR) is 58.9 cm³/mol. The van der Waals surface area contributed by atoms with Gasteiger partial charge in [0.25, 0.3) is 0 Å². The van der Waals surface area contributed by atoms with Gasteiger partial charge in [-0.3, -0.25) is 9.78 Å². The summed E-state index contributed by atoms with van der Waals surface area (Å²) in [5.41, 5.74) is 2.05. The highest BCUT2D eigenvalue weighted by molar-refractivity contribution is 5.83. The molecule has 0 saturated carbocycles. The Bertz CT molecular complexity index is 478. The highest BCUT2D eigenvalue weighted by atomic mass is 16.1. The van der Waals surface area contributed by atoms with E-state index in [1.165, 1.54) is 0 Å². The molecule has 0 unspecified atom stereocenters. The van der Waals surface area contributed by atoms with Gasteiger partial charge in [0.1, 0.15) is 0 Å². The summed E-state index contributed by atoms with van der Waals surface area (Å²) < 4.78 is 1.75. The highest BCUT2D eigenvalue weighted by Gasteiger charge is 2.13. The van der Waals surface area contributed by atoms with Crippen LogP contribution in [0.15, 0.2) is 24.5 Å². The summed E-state index contributed by atoms with van der Waals surface area (Å²) in [6.45, 7) is 2.80. The van der Waals surface area contributed by atoms with Gasteiger partial charge in [0.05, 0.1) is 5.69 Å².